The molecule has 0 spiro atoms. The van der Waals surface area contributed by atoms with Gasteiger partial charge in [0.1, 0.15) is 0 Å². The molecule has 0 aliphatic carbocycles. The Hall–Kier alpha value is -0.960. The predicted octanol–water partition coefficient (Wildman–Crippen LogP) is 3.29. The van der Waals surface area contributed by atoms with Crippen molar-refractivity contribution in [3.63, 3.8) is 0 Å². The summed E-state index contributed by atoms with van der Waals surface area (Å²) < 4.78 is 0.241. The Morgan fingerprint density at radius 3 is 2.67 bits per heavy atom. The van der Waals surface area contributed by atoms with Gasteiger partial charge in [-0.15, -0.1) is 0 Å². The molecule has 3 heteroatoms. The minimum absolute atomic E-state index is 0.241. The summed E-state index contributed by atoms with van der Waals surface area (Å²) in [5, 5.41) is 4.41. The second-order valence-corrected chi connectivity index (χ2v) is 6.12. The number of nitrogens with one attached hydrogen (secondary N) is 1. The monoisotopic (exact) mass is 220 g/mol. The standard InChI is InChI=1S/C12H16N2S/c1-9-6-4-5-7-10(9)14-11-13-8-12(2,3)15-11/h4-7H,8H2,1-3H3,(H,13,14). The van der Waals surface area contributed by atoms with E-state index >= 15 is 0 Å². The molecule has 80 valence electrons. The van der Waals surface area contributed by atoms with Crippen molar-refractivity contribution in [1.82, 2.24) is 0 Å². The minimum atomic E-state index is 0.241. The molecule has 0 bridgehead atoms. The lowest BCUT2D eigenvalue weighted by molar-refractivity contribution is 0.741. The van der Waals surface area contributed by atoms with Gasteiger partial charge < -0.3 is 5.32 Å². The zero-order valence-electron chi connectivity index (χ0n) is 9.37. The summed E-state index contributed by atoms with van der Waals surface area (Å²) in [6.07, 6.45) is 0. The van der Waals surface area contributed by atoms with E-state index in [4.69, 9.17) is 0 Å². The lowest BCUT2D eigenvalue weighted by Crippen LogP contribution is -2.16. The average Bonchev–Trinajstić information content (AvgIpc) is 2.50. The van der Waals surface area contributed by atoms with Crippen LogP contribution in [0.4, 0.5) is 5.69 Å². The van der Waals surface area contributed by atoms with Crippen molar-refractivity contribution < 1.29 is 0 Å². The van der Waals surface area contributed by atoms with E-state index in [0.717, 1.165) is 17.4 Å². The molecule has 2 nitrogen and oxygen atoms in total. The number of aliphatic imine (C=N–C) groups is 1. The Balaban J connectivity index is 2.08. The van der Waals surface area contributed by atoms with Gasteiger partial charge in [0.25, 0.3) is 0 Å². The van der Waals surface area contributed by atoms with Crippen LogP contribution in [0.2, 0.25) is 0 Å². The average molecular weight is 220 g/mol. The highest BCUT2D eigenvalue weighted by Crippen LogP contribution is 2.32. The number of hydrogen-bond acceptors (Lipinski definition) is 3. The first-order chi connectivity index (χ1) is 7.07. The second kappa shape index (κ2) is 3.89. The molecule has 0 saturated heterocycles. The Morgan fingerprint density at radius 2 is 2.07 bits per heavy atom. The van der Waals surface area contributed by atoms with Gasteiger partial charge in [-0.1, -0.05) is 30.0 Å². The van der Waals surface area contributed by atoms with E-state index in [0.29, 0.717) is 0 Å². The van der Waals surface area contributed by atoms with E-state index in [1.807, 2.05) is 23.9 Å². The molecule has 1 aliphatic heterocycles. The molecule has 0 atom stereocenters. The maximum atomic E-state index is 4.49. The molecule has 0 radical (unpaired) electrons. The molecule has 0 aromatic heterocycles. The molecule has 1 heterocycles. The van der Waals surface area contributed by atoms with E-state index in [1.165, 1.54) is 5.56 Å². The van der Waals surface area contributed by atoms with E-state index in [1.54, 1.807) is 0 Å². The third-order valence-corrected chi connectivity index (χ3v) is 3.47. The maximum Gasteiger partial charge on any atom is 0.161 e. The van der Waals surface area contributed by atoms with Crippen molar-refractivity contribution in [3.8, 4) is 0 Å². The molecule has 1 N–H and O–H groups in total. The fourth-order valence-corrected chi connectivity index (χ4v) is 2.42. The van der Waals surface area contributed by atoms with Crippen molar-refractivity contribution >= 4 is 22.6 Å². The van der Waals surface area contributed by atoms with Crippen LogP contribution in [-0.4, -0.2) is 16.5 Å². The number of thioether (sulfide) groups is 1. The first-order valence-electron chi connectivity index (χ1n) is 5.13. The second-order valence-electron chi connectivity index (χ2n) is 4.42. The third kappa shape index (κ3) is 2.53. The van der Waals surface area contributed by atoms with Gasteiger partial charge in [-0.05, 0) is 32.4 Å². The van der Waals surface area contributed by atoms with Gasteiger partial charge in [0.05, 0.1) is 6.54 Å². The van der Waals surface area contributed by atoms with Gasteiger partial charge in [0.2, 0.25) is 0 Å². The van der Waals surface area contributed by atoms with Crippen molar-refractivity contribution in [2.75, 3.05) is 11.9 Å². The van der Waals surface area contributed by atoms with Crippen LogP contribution >= 0.6 is 11.8 Å². The van der Waals surface area contributed by atoms with Gasteiger partial charge in [0, 0.05) is 10.4 Å². The Morgan fingerprint density at radius 1 is 1.33 bits per heavy atom. The number of rotatable bonds is 1. The number of anilines is 1. The topological polar surface area (TPSA) is 24.4 Å². The van der Waals surface area contributed by atoms with Crippen LogP contribution in [0.25, 0.3) is 0 Å². The normalized spacial score (nSPS) is 18.7. The summed E-state index contributed by atoms with van der Waals surface area (Å²) in [7, 11) is 0. The number of benzene rings is 1. The third-order valence-electron chi connectivity index (χ3n) is 2.36. The molecule has 0 unspecified atom stereocenters. The van der Waals surface area contributed by atoms with Crippen molar-refractivity contribution in [3.05, 3.63) is 29.8 Å². The molecule has 15 heavy (non-hydrogen) atoms. The van der Waals surface area contributed by atoms with Crippen molar-refractivity contribution in [1.29, 1.82) is 0 Å². The first-order valence-corrected chi connectivity index (χ1v) is 5.95. The summed E-state index contributed by atoms with van der Waals surface area (Å²) in [4.78, 5) is 4.49. The van der Waals surface area contributed by atoms with Crippen molar-refractivity contribution in [2.24, 2.45) is 4.99 Å². The molecule has 1 aromatic rings. The maximum absolute atomic E-state index is 4.49. The lowest BCUT2D eigenvalue weighted by Gasteiger charge is -2.14. The summed E-state index contributed by atoms with van der Waals surface area (Å²) in [6.45, 7) is 7.43. The first kappa shape index (κ1) is 10.6. The minimum Gasteiger partial charge on any atom is -0.335 e. The highest BCUT2D eigenvalue weighted by atomic mass is 32.2. The number of para-hydroxylation sites is 1. The summed E-state index contributed by atoms with van der Waals surface area (Å²) >= 11 is 1.81. The van der Waals surface area contributed by atoms with Gasteiger partial charge in [0.15, 0.2) is 5.17 Å². The van der Waals surface area contributed by atoms with Gasteiger partial charge in [-0.3, -0.25) is 4.99 Å². The van der Waals surface area contributed by atoms with E-state index < -0.39 is 0 Å². The van der Waals surface area contributed by atoms with Crippen LogP contribution < -0.4 is 5.32 Å². The fraction of sp³-hybridized carbons (Fsp3) is 0.417. The van der Waals surface area contributed by atoms with Crippen LogP contribution in [0.1, 0.15) is 19.4 Å². The largest absolute Gasteiger partial charge is 0.335 e. The molecule has 1 aromatic carbocycles. The van der Waals surface area contributed by atoms with Crippen LogP contribution in [0.15, 0.2) is 29.3 Å². The molecule has 0 fully saturated rings. The summed E-state index contributed by atoms with van der Waals surface area (Å²) in [5.41, 5.74) is 2.41. The van der Waals surface area contributed by atoms with Crippen LogP contribution in [0.3, 0.4) is 0 Å². The molecule has 0 amide bonds. The summed E-state index contributed by atoms with van der Waals surface area (Å²) in [5.74, 6) is 0. The van der Waals surface area contributed by atoms with Crippen LogP contribution in [0.5, 0.6) is 0 Å². The molecular formula is C12H16N2S. The zero-order valence-corrected chi connectivity index (χ0v) is 10.2. The van der Waals surface area contributed by atoms with E-state index in [9.17, 15) is 0 Å². The van der Waals surface area contributed by atoms with E-state index in [-0.39, 0.29) is 4.75 Å². The van der Waals surface area contributed by atoms with Crippen molar-refractivity contribution in [2.45, 2.75) is 25.5 Å². The van der Waals surface area contributed by atoms with Gasteiger partial charge in [-0.2, -0.15) is 0 Å². The smallest absolute Gasteiger partial charge is 0.161 e. The number of nitrogens with zero attached hydrogens (tertiary/aromatic N) is 1. The molecule has 2 rings (SSSR count). The zero-order chi connectivity index (χ0) is 10.9. The Labute approximate surface area is 95.2 Å². The summed E-state index contributed by atoms with van der Waals surface area (Å²) in [6, 6.07) is 8.28. The molecular weight excluding hydrogens is 204 g/mol. The quantitative estimate of drug-likeness (QED) is 0.785. The fourth-order valence-electron chi connectivity index (χ4n) is 1.48. The Bertz CT molecular complexity index is 396. The number of hydrogen-bond donors (Lipinski definition) is 1. The molecule has 0 saturated carbocycles. The lowest BCUT2D eigenvalue weighted by atomic mass is 10.2. The van der Waals surface area contributed by atoms with E-state index in [2.05, 4.69) is 43.2 Å². The van der Waals surface area contributed by atoms with Gasteiger partial charge in [-0.25, -0.2) is 0 Å². The highest BCUT2D eigenvalue weighted by molar-refractivity contribution is 8.15. The predicted molar refractivity (Wildman–Crippen MR) is 68.8 cm³/mol. The number of amidine groups is 1. The SMILES string of the molecule is Cc1ccccc1NC1=NCC(C)(C)S1. The van der Waals surface area contributed by atoms with Crippen LogP contribution in [-0.2, 0) is 0 Å². The van der Waals surface area contributed by atoms with Gasteiger partial charge >= 0.3 is 0 Å². The Kier molecular flexibility index (Phi) is 2.74. The highest BCUT2D eigenvalue weighted by Gasteiger charge is 2.27. The number of aryl methyl sites for hydroxylation is 1. The molecule has 1 aliphatic rings. The van der Waals surface area contributed by atoms with Crippen LogP contribution in [0, 0.1) is 6.92 Å².